The average Bonchev–Trinajstić information content (AvgIpc) is 3.25. The zero-order chi connectivity index (χ0) is 24.2. The van der Waals surface area contributed by atoms with Gasteiger partial charge in [0, 0.05) is 31.9 Å². The molecule has 182 valence electrons. The van der Waals surface area contributed by atoms with Gasteiger partial charge in [-0.15, -0.1) is 0 Å². The molecule has 8 nitrogen and oxygen atoms in total. The van der Waals surface area contributed by atoms with Crippen LogP contribution in [0.15, 0.2) is 51.6 Å². The van der Waals surface area contributed by atoms with Crippen LogP contribution in [0.5, 0.6) is 5.75 Å². The van der Waals surface area contributed by atoms with Crippen LogP contribution in [0.25, 0.3) is 0 Å². The number of carbonyl (C=O) groups excluding carboxylic acids is 2. The van der Waals surface area contributed by atoms with Gasteiger partial charge in [-0.2, -0.15) is 0 Å². The van der Waals surface area contributed by atoms with Crippen LogP contribution in [-0.2, 0) is 14.3 Å². The molecule has 1 saturated heterocycles. The summed E-state index contributed by atoms with van der Waals surface area (Å²) in [6.45, 7) is 10.3. The van der Waals surface area contributed by atoms with Gasteiger partial charge in [-0.05, 0) is 43.5 Å². The Morgan fingerprint density at radius 1 is 1.18 bits per heavy atom. The molecule has 0 N–H and O–H groups in total. The van der Waals surface area contributed by atoms with E-state index in [4.69, 9.17) is 14.5 Å². The molecule has 3 aliphatic heterocycles. The Morgan fingerprint density at radius 3 is 2.62 bits per heavy atom. The van der Waals surface area contributed by atoms with Crippen molar-refractivity contribution in [1.82, 2.24) is 14.7 Å². The predicted molar refractivity (Wildman–Crippen MR) is 133 cm³/mol. The third-order valence-electron chi connectivity index (χ3n) is 6.41. The molecule has 1 amide bonds. The molecule has 0 aromatic heterocycles. The van der Waals surface area contributed by atoms with Crippen LogP contribution >= 0.6 is 11.8 Å². The van der Waals surface area contributed by atoms with Crippen LogP contribution in [0.1, 0.15) is 38.8 Å². The number of rotatable bonds is 7. The monoisotopic (exact) mass is 484 g/mol. The lowest BCUT2D eigenvalue weighted by atomic mass is 9.93. The van der Waals surface area contributed by atoms with Crippen LogP contribution in [0, 0.1) is 0 Å². The highest BCUT2D eigenvalue weighted by atomic mass is 32.2. The molecule has 4 rings (SSSR count). The van der Waals surface area contributed by atoms with Crippen molar-refractivity contribution in [2.75, 3.05) is 46.4 Å². The first-order valence-corrected chi connectivity index (χ1v) is 12.6. The van der Waals surface area contributed by atoms with Gasteiger partial charge in [0.25, 0.3) is 0 Å². The number of amides is 1. The minimum Gasteiger partial charge on any atom is -0.497 e. The first kappa shape index (κ1) is 24.3. The molecule has 0 saturated carbocycles. The smallest absolute Gasteiger partial charge is 0.338 e. The zero-order valence-corrected chi connectivity index (χ0v) is 21.1. The van der Waals surface area contributed by atoms with Gasteiger partial charge in [0.2, 0.25) is 5.91 Å². The molecule has 0 aliphatic carbocycles. The van der Waals surface area contributed by atoms with E-state index in [2.05, 4.69) is 11.8 Å². The summed E-state index contributed by atoms with van der Waals surface area (Å²) in [6, 6.07) is 7.22. The maximum atomic E-state index is 13.2. The molecule has 1 unspecified atom stereocenters. The van der Waals surface area contributed by atoms with Crippen molar-refractivity contribution in [2.45, 2.75) is 33.2 Å². The van der Waals surface area contributed by atoms with Crippen LogP contribution < -0.4 is 4.74 Å². The second kappa shape index (κ2) is 10.7. The van der Waals surface area contributed by atoms with Gasteiger partial charge in [-0.25, -0.2) is 9.79 Å². The first-order valence-electron chi connectivity index (χ1n) is 11.7. The number of hydrogen-bond donors (Lipinski definition) is 0. The minimum atomic E-state index is -0.451. The number of methoxy groups -OCH3 is 1. The van der Waals surface area contributed by atoms with Gasteiger partial charge in [0.1, 0.15) is 5.75 Å². The number of esters is 1. The number of aliphatic imine (C=N–C) groups is 1. The standard InChI is InChI=1S/C25H32N4O4S/c1-5-27-10-12-28(13-11-27)21(30)15-19-16-34-25-26-17(3)22(24(31)33-6-2)23(29(19)25)18-8-7-9-20(14-18)32-4/h7-9,14,16,23H,5-6,10-13,15H2,1-4H3. The fourth-order valence-corrected chi connectivity index (χ4v) is 5.51. The Kier molecular flexibility index (Phi) is 7.63. The SMILES string of the molecule is CCOC(=O)C1=C(C)N=C2SC=C(CC(=O)N3CCN(CC)CC3)N2C1c1cccc(OC)c1. The highest BCUT2D eigenvalue weighted by Crippen LogP contribution is 2.45. The highest BCUT2D eigenvalue weighted by Gasteiger charge is 2.41. The van der Waals surface area contributed by atoms with E-state index >= 15 is 0 Å². The van der Waals surface area contributed by atoms with E-state index in [1.807, 2.05) is 46.4 Å². The van der Waals surface area contributed by atoms with Gasteiger partial charge in [-0.3, -0.25) is 4.79 Å². The number of fused-ring (bicyclic) bond motifs is 1. The Bertz CT molecular complexity index is 1040. The molecular formula is C25H32N4O4S. The van der Waals surface area contributed by atoms with Gasteiger partial charge < -0.3 is 24.2 Å². The summed E-state index contributed by atoms with van der Waals surface area (Å²) in [5.74, 6) is 0.399. The van der Waals surface area contributed by atoms with Gasteiger partial charge >= 0.3 is 5.97 Å². The summed E-state index contributed by atoms with van der Waals surface area (Å²) >= 11 is 1.48. The molecule has 3 aliphatic rings. The molecule has 1 aromatic carbocycles. The van der Waals surface area contributed by atoms with Crippen molar-refractivity contribution in [3.05, 3.63) is 52.2 Å². The molecule has 0 spiro atoms. The van der Waals surface area contributed by atoms with E-state index in [-0.39, 0.29) is 18.9 Å². The summed E-state index contributed by atoms with van der Waals surface area (Å²) in [5, 5.41) is 2.74. The number of ether oxygens (including phenoxy) is 2. The fourth-order valence-electron chi connectivity index (χ4n) is 4.55. The second-order valence-corrected chi connectivity index (χ2v) is 9.22. The lowest BCUT2D eigenvalue weighted by Gasteiger charge is -2.37. The number of piperazine rings is 1. The van der Waals surface area contributed by atoms with Gasteiger partial charge in [-0.1, -0.05) is 30.8 Å². The summed E-state index contributed by atoms with van der Waals surface area (Å²) in [7, 11) is 1.62. The van der Waals surface area contributed by atoms with Crippen molar-refractivity contribution in [1.29, 1.82) is 0 Å². The number of likely N-dealkylation sites (N-methyl/N-ethyl adjacent to an activating group) is 1. The van der Waals surface area contributed by atoms with Crippen LogP contribution in [0.3, 0.4) is 0 Å². The van der Waals surface area contributed by atoms with Crippen LogP contribution in [-0.4, -0.2) is 78.2 Å². The summed E-state index contributed by atoms with van der Waals surface area (Å²) in [4.78, 5) is 37.3. The number of hydrogen-bond acceptors (Lipinski definition) is 8. The molecule has 0 radical (unpaired) electrons. The van der Waals surface area contributed by atoms with Gasteiger partial charge in [0.15, 0.2) is 5.17 Å². The van der Waals surface area contributed by atoms with Crippen molar-refractivity contribution in [3.8, 4) is 5.75 Å². The predicted octanol–water partition coefficient (Wildman–Crippen LogP) is 3.39. The molecule has 1 aromatic rings. The zero-order valence-electron chi connectivity index (χ0n) is 20.2. The van der Waals surface area contributed by atoms with Crippen molar-refractivity contribution < 1.29 is 19.1 Å². The Balaban J connectivity index is 1.64. The normalized spacial score (nSPS) is 20.6. The van der Waals surface area contributed by atoms with Crippen molar-refractivity contribution in [2.24, 2.45) is 4.99 Å². The Labute approximate surface area is 205 Å². The van der Waals surface area contributed by atoms with E-state index < -0.39 is 12.0 Å². The fraction of sp³-hybridized carbons (Fsp3) is 0.480. The number of benzene rings is 1. The summed E-state index contributed by atoms with van der Waals surface area (Å²) in [6.07, 6.45) is 0.258. The maximum absolute atomic E-state index is 13.2. The lowest BCUT2D eigenvalue weighted by Crippen LogP contribution is -2.49. The molecule has 1 atom stereocenters. The van der Waals surface area contributed by atoms with E-state index in [0.29, 0.717) is 17.0 Å². The first-order chi connectivity index (χ1) is 16.5. The third kappa shape index (κ3) is 4.86. The average molecular weight is 485 g/mol. The third-order valence-corrected chi connectivity index (χ3v) is 7.30. The summed E-state index contributed by atoms with van der Waals surface area (Å²) < 4.78 is 10.9. The molecule has 34 heavy (non-hydrogen) atoms. The molecule has 3 heterocycles. The van der Waals surface area contributed by atoms with Crippen molar-refractivity contribution >= 4 is 28.8 Å². The molecule has 1 fully saturated rings. The highest BCUT2D eigenvalue weighted by molar-refractivity contribution is 8.16. The molecule has 9 heteroatoms. The number of nitrogens with zero attached hydrogens (tertiary/aromatic N) is 4. The Hall–Kier alpha value is -2.78. The van der Waals surface area contributed by atoms with E-state index in [9.17, 15) is 9.59 Å². The number of thioether (sulfide) groups is 1. The van der Waals surface area contributed by atoms with Crippen LogP contribution in [0.2, 0.25) is 0 Å². The number of amidine groups is 1. The van der Waals surface area contributed by atoms with E-state index in [1.54, 1.807) is 14.0 Å². The lowest BCUT2D eigenvalue weighted by molar-refractivity contribution is -0.139. The molecule has 0 bridgehead atoms. The van der Waals surface area contributed by atoms with Crippen molar-refractivity contribution in [3.63, 3.8) is 0 Å². The van der Waals surface area contributed by atoms with Gasteiger partial charge in [0.05, 0.1) is 37.4 Å². The number of carbonyl (C=O) groups is 2. The topological polar surface area (TPSA) is 74.7 Å². The number of allylic oxidation sites excluding steroid dienone is 1. The summed E-state index contributed by atoms with van der Waals surface area (Å²) in [5.41, 5.74) is 2.83. The largest absolute Gasteiger partial charge is 0.497 e. The van der Waals surface area contributed by atoms with Crippen LogP contribution in [0.4, 0.5) is 0 Å². The second-order valence-electron chi connectivity index (χ2n) is 8.38. The van der Waals surface area contributed by atoms with E-state index in [1.165, 1.54) is 11.8 Å². The quantitative estimate of drug-likeness (QED) is 0.549. The minimum absolute atomic E-state index is 0.0946. The Morgan fingerprint density at radius 2 is 1.94 bits per heavy atom. The molecular weight excluding hydrogens is 452 g/mol. The van der Waals surface area contributed by atoms with E-state index in [0.717, 1.165) is 49.2 Å². The maximum Gasteiger partial charge on any atom is 0.338 e.